The zero-order valence-electron chi connectivity index (χ0n) is 17.6. The van der Waals surface area contributed by atoms with Crippen LogP contribution in [0.25, 0.3) is 0 Å². The fraction of sp³-hybridized carbons (Fsp3) is 0.435. The second-order valence-corrected chi connectivity index (χ2v) is 16.7. The van der Waals surface area contributed by atoms with Crippen LogP contribution in [-0.4, -0.2) is 43.2 Å². The van der Waals surface area contributed by atoms with E-state index in [1.807, 2.05) is 30.3 Å². The number of rotatable bonds is 10. The molecule has 0 aliphatic heterocycles. The number of benzene rings is 2. The summed E-state index contributed by atoms with van der Waals surface area (Å²) in [5, 5.41) is 0. The molecule has 0 saturated heterocycles. The zero-order chi connectivity index (χ0) is 20.6. The molecule has 2 aromatic carbocycles. The summed E-state index contributed by atoms with van der Waals surface area (Å²) in [4.78, 5) is 13.2. The molecule has 3 nitrogen and oxygen atoms in total. The molecule has 0 saturated carbocycles. The molecule has 0 bridgehead atoms. The second kappa shape index (κ2) is 11.0. The molecule has 28 heavy (non-hydrogen) atoms. The molecule has 0 aliphatic rings. The van der Waals surface area contributed by atoms with Crippen molar-refractivity contribution in [2.45, 2.75) is 43.0 Å². The van der Waals surface area contributed by atoms with E-state index in [2.05, 4.69) is 50.0 Å². The van der Waals surface area contributed by atoms with Crippen LogP contribution in [0.2, 0.25) is 30.5 Å². The van der Waals surface area contributed by atoms with Gasteiger partial charge in [0.2, 0.25) is 0 Å². The third kappa shape index (κ3) is 7.21. The van der Waals surface area contributed by atoms with Crippen LogP contribution < -0.4 is 4.46 Å². The van der Waals surface area contributed by atoms with Crippen molar-refractivity contribution < 1.29 is 14.3 Å². The topological polar surface area (TPSA) is 35.5 Å². The maximum absolute atomic E-state index is 12.8. The predicted octanol–water partition coefficient (Wildman–Crippen LogP) is 4.71. The molecule has 2 aromatic rings. The Hall–Kier alpha value is -1.39. The first-order chi connectivity index (χ1) is 13.3. The van der Waals surface area contributed by atoms with Crippen molar-refractivity contribution in [3.05, 3.63) is 66.2 Å². The number of esters is 1. The first kappa shape index (κ1) is 22.9. The van der Waals surface area contributed by atoms with Crippen molar-refractivity contribution >= 4 is 33.5 Å². The summed E-state index contributed by atoms with van der Waals surface area (Å²) in [6, 6.07) is 21.9. The summed E-state index contributed by atoms with van der Waals surface area (Å²) in [7, 11) is 1.87. The molecule has 0 amide bonds. The van der Waals surface area contributed by atoms with Gasteiger partial charge in [-0.1, -0.05) is 0 Å². The van der Waals surface area contributed by atoms with Gasteiger partial charge in [0.1, 0.15) is 0 Å². The van der Waals surface area contributed by atoms with Gasteiger partial charge in [-0.2, -0.15) is 0 Å². The van der Waals surface area contributed by atoms with Gasteiger partial charge in [0.25, 0.3) is 0 Å². The summed E-state index contributed by atoms with van der Waals surface area (Å²) in [6.45, 7) is 7.21. The van der Waals surface area contributed by atoms with Crippen LogP contribution in [-0.2, 0) is 14.3 Å². The summed E-state index contributed by atoms with van der Waals surface area (Å²) in [6.07, 6.45) is 0.503. The number of hydrogen-bond donors (Lipinski definition) is 0. The van der Waals surface area contributed by atoms with Crippen molar-refractivity contribution in [3.8, 4) is 0 Å². The molecule has 0 unspecified atom stereocenters. The molecule has 0 spiro atoms. The molecule has 0 heterocycles. The Morgan fingerprint density at radius 2 is 1.54 bits per heavy atom. The van der Waals surface area contributed by atoms with Crippen molar-refractivity contribution in [1.82, 2.24) is 0 Å². The van der Waals surface area contributed by atoms with E-state index in [4.69, 9.17) is 9.47 Å². The van der Waals surface area contributed by atoms with Crippen LogP contribution in [0.5, 0.6) is 0 Å². The zero-order valence-corrected chi connectivity index (χ0v) is 20.3. The normalized spacial score (nSPS) is 14.9. The van der Waals surface area contributed by atoms with Gasteiger partial charge in [0, 0.05) is 0 Å². The average Bonchev–Trinajstić information content (AvgIpc) is 2.67. The van der Waals surface area contributed by atoms with Gasteiger partial charge in [-0.15, -0.1) is 0 Å². The van der Waals surface area contributed by atoms with Gasteiger partial charge < -0.3 is 0 Å². The fourth-order valence-corrected chi connectivity index (χ4v) is 10.9. The Morgan fingerprint density at radius 3 is 2.04 bits per heavy atom. The number of carbonyl (C=O) groups excluding carboxylic acids is 1. The maximum atomic E-state index is 12.8. The van der Waals surface area contributed by atoms with E-state index >= 15 is 0 Å². The average molecular weight is 464 g/mol. The Balaban J connectivity index is 2.29. The van der Waals surface area contributed by atoms with Crippen LogP contribution in [0.4, 0.5) is 0 Å². The van der Waals surface area contributed by atoms with Crippen molar-refractivity contribution in [2.24, 2.45) is 5.92 Å². The fourth-order valence-electron chi connectivity index (χ4n) is 3.50. The number of methoxy groups -OCH3 is 2. The van der Waals surface area contributed by atoms with Crippen LogP contribution in [0.15, 0.2) is 60.7 Å². The van der Waals surface area contributed by atoms with Gasteiger partial charge >= 0.3 is 177 Å². The van der Waals surface area contributed by atoms with Crippen molar-refractivity contribution in [3.63, 3.8) is 0 Å². The third-order valence-corrected chi connectivity index (χ3v) is 9.63. The first-order valence-corrected chi connectivity index (χ1v) is 15.3. The number of hydrogen-bond acceptors (Lipinski definition) is 3. The Morgan fingerprint density at radius 1 is 0.964 bits per heavy atom. The molecule has 0 radical (unpaired) electrons. The molecular weight excluding hydrogens is 431 g/mol. The summed E-state index contributed by atoms with van der Waals surface area (Å²) in [5.74, 6) is -0.482. The van der Waals surface area contributed by atoms with Gasteiger partial charge in [0.15, 0.2) is 0 Å². The Kier molecular flexibility index (Phi) is 8.96. The molecule has 152 valence electrons. The first-order valence-electron chi connectivity index (χ1n) is 9.71. The van der Waals surface area contributed by atoms with E-state index in [-0.39, 0.29) is 18.0 Å². The monoisotopic (exact) mass is 464 g/mol. The molecule has 0 aromatic heterocycles. The van der Waals surface area contributed by atoms with E-state index in [0.29, 0.717) is 19.8 Å². The van der Waals surface area contributed by atoms with E-state index in [1.54, 1.807) is 7.11 Å². The molecule has 2 rings (SSSR count). The summed E-state index contributed by atoms with van der Waals surface area (Å²) in [5.41, 5.74) is 1.03. The van der Waals surface area contributed by atoms with Crippen molar-refractivity contribution in [2.75, 3.05) is 14.2 Å². The van der Waals surface area contributed by atoms with Gasteiger partial charge in [-0.05, 0) is 0 Å². The van der Waals surface area contributed by atoms with Crippen LogP contribution in [0, 0.1) is 5.92 Å². The molecule has 0 fully saturated rings. The van der Waals surface area contributed by atoms with Gasteiger partial charge in [0.05, 0.1) is 0 Å². The van der Waals surface area contributed by atoms with Crippen molar-refractivity contribution in [1.29, 1.82) is 0 Å². The quantitative estimate of drug-likeness (QED) is 0.378. The molecule has 5 heteroatoms. The van der Waals surface area contributed by atoms with E-state index in [1.165, 1.54) is 17.6 Å². The number of carbonyl (C=O) groups is 1. The molecule has 3 atom stereocenters. The van der Waals surface area contributed by atoms with Gasteiger partial charge in [-0.3, -0.25) is 0 Å². The standard InChI is InChI=1S/C23H32O3SeSi/c1-25-22(18-12-8-6-9-13-18)21(23(24)26-2)16-20(17-28(3,4)5)27-19-14-10-7-11-15-19/h6-15,20-22H,16-17H2,1-5H3/t20-,21-,22-/m1/s1. The van der Waals surface area contributed by atoms with Gasteiger partial charge in [-0.25, -0.2) is 0 Å². The van der Waals surface area contributed by atoms with E-state index in [9.17, 15) is 4.79 Å². The number of ether oxygens (including phenoxy) is 2. The van der Waals surface area contributed by atoms with E-state index in [0.717, 1.165) is 12.0 Å². The van der Waals surface area contributed by atoms with E-state index < -0.39 is 8.07 Å². The van der Waals surface area contributed by atoms with Crippen LogP contribution in [0.1, 0.15) is 18.1 Å². The molecular formula is C23H32O3SeSi. The summed E-state index contributed by atoms with van der Waals surface area (Å²) >= 11 is 0.308. The third-order valence-electron chi connectivity index (χ3n) is 4.65. The predicted molar refractivity (Wildman–Crippen MR) is 120 cm³/mol. The molecule has 0 aliphatic carbocycles. The second-order valence-electron chi connectivity index (χ2n) is 8.25. The molecule has 0 N–H and O–H groups in total. The minimum absolute atomic E-state index is 0.180. The minimum atomic E-state index is -1.29. The van der Waals surface area contributed by atoms with Crippen LogP contribution >= 0.6 is 0 Å². The summed E-state index contributed by atoms with van der Waals surface area (Å²) < 4.78 is 12.4. The SMILES string of the molecule is COC(=O)[C@H](C[C@H](C[Si](C)(C)C)[Se]c1ccccc1)[C@H](OC)c1ccccc1. The Bertz CT molecular complexity index is 716. The Labute approximate surface area is 177 Å². The van der Waals surface area contributed by atoms with Crippen LogP contribution in [0.3, 0.4) is 0 Å².